The molecule has 2 saturated heterocycles. The number of amides is 1. The Morgan fingerprint density at radius 1 is 1.53 bits per heavy atom. The summed E-state index contributed by atoms with van der Waals surface area (Å²) in [4.78, 5) is 14.6. The van der Waals surface area contributed by atoms with Gasteiger partial charge in [0.25, 0.3) is 0 Å². The molecule has 0 aromatic rings. The number of ether oxygens (including phenoxy) is 1. The van der Waals surface area contributed by atoms with Crippen molar-refractivity contribution in [2.75, 3.05) is 6.61 Å². The maximum Gasteiger partial charge on any atom is 0.244 e. The fraction of sp³-hybridized carbons (Fsp3) is 0.923. The zero-order chi connectivity index (χ0) is 12.6. The van der Waals surface area contributed by atoms with Gasteiger partial charge in [-0.05, 0) is 33.1 Å². The number of rotatable bonds is 3. The van der Waals surface area contributed by atoms with Gasteiger partial charge in [-0.3, -0.25) is 10.1 Å². The second-order valence-corrected chi connectivity index (χ2v) is 5.40. The Hall–Kier alpha value is -0.610. The number of nitrogens with one attached hydrogen (secondary N) is 1. The minimum atomic E-state index is -0.386. The van der Waals surface area contributed by atoms with Crippen molar-refractivity contribution >= 4 is 5.91 Å². The van der Waals surface area contributed by atoms with Crippen molar-refractivity contribution < 1.29 is 9.53 Å². The highest BCUT2D eigenvalue weighted by molar-refractivity contribution is 5.88. The molecule has 2 heterocycles. The smallest absolute Gasteiger partial charge is 0.244 e. The topological polar surface area (TPSA) is 41.6 Å². The minimum absolute atomic E-state index is 0.161. The molecular formula is C13H24N2O2. The van der Waals surface area contributed by atoms with Crippen molar-refractivity contribution in [3.05, 3.63) is 0 Å². The molecule has 4 unspecified atom stereocenters. The van der Waals surface area contributed by atoms with Crippen LogP contribution in [0, 0.1) is 0 Å². The van der Waals surface area contributed by atoms with E-state index in [0.29, 0.717) is 0 Å². The first kappa shape index (κ1) is 12.8. The Kier molecular flexibility index (Phi) is 3.46. The van der Waals surface area contributed by atoms with Crippen LogP contribution in [0.1, 0.15) is 47.0 Å². The number of hydrogen-bond acceptors (Lipinski definition) is 3. The predicted octanol–water partition coefficient (Wildman–Crippen LogP) is 1.50. The lowest BCUT2D eigenvalue weighted by Crippen LogP contribution is -2.47. The molecule has 2 fully saturated rings. The molecule has 0 aromatic carbocycles. The first-order valence-corrected chi connectivity index (χ1v) is 6.75. The lowest BCUT2D eigenvalue weighted by molar-refractivity contribution is -0.136. The van der Waals surface area contributed by atoms with Crippen LogP contribution < -0.4 is 5.32 Å². The average Bonchev–Trinajstić information content (AvgIpc) is 2.83. The molecule has 2 aliphatic rings. The van der Waals surface area contributed by atoms with Crippen LogP contribution in [0.15, 0.2) is 0 Å². The Morgan fingerprint density at radius 3 is 2.71 bits per heavy atom. The van der Waals surface area contributed by atoms with Crippen molar-refractivity contribution in [3.8, 4) is 0 Å². The van der Waals surface area contributed by atoms with Crippen molar-refractivity contribution in [1.29, 1.82) is 0 Å². The van der Waals surface area contributed by atoms with Crippen molar-refractivity contribution in [1.82, 2.24) is 10.2 Å². The van der Waals surface area contributed by atoms with E-state index in [0.717, 1.165) is 25.9 Å². The minimum Gasteiger partial charge on any atom is -0.376 e. The molecule has 2 aliphatic heterocycles. The van der Waals surface area contributed by atoms with Gasteiger partial charge in [-0.15, -0.1) is 0 Å². The van der Waals surface area contributed by atoms with Crippen LogP contribution in [0.25, 0.3) is 0 Å². The second kappa shape index (κ2) is 4.58. The highest BCUT2D eigenvalue weighted by Gasteiger charge is 2.50. The van der Waals surface area contributed by atoms with Crippen LogP contribution in [0.2, 0.25) is 0 Å². The molecule has 4 nitrogen and oxygen atoms in total. The van der Waals surface area contributed by atoms with Gasteiger partial charge in [0.2, 0.25) is 5.91 Å². The third-order valence-corrected chi connectivity index (χ3v) is 4.31. The van der Waals surface area contributed by atoms with Crippen LogP contribution in [0.5, 0.6) is 0 Å². The number of hydrogen-bond donors (Lipinski definition) is 1. The molecule has 98 valence electrons. The summed E-state index contributed by atoms with van der Waals surface area (Å²) in [6.45, 7) is 9.04. The van der Waals surface area contributed by atoms with Crippen molar-refractivity contribution in [2.24, 2.45) is 0 Å². The summed E-state index contributed by atoms with van der Waals surface area (Å²) in [7, 11) is 0. The molecule has 0 radical (unpaired) electrons. The Balaban J connectivity index is 2.22. The van der Waals surface area contributed by atoms with Crippen LogP contribution in [0.4, 0.5) is 0 Å². The summed E-state index contributed by atoms with van der Waals surface area (Å²) >= 11 is 0. The predicted molar refractivity (Wildman–Crippen MR) is 66.6 cm³/mol. The maximum absolute atomic E-state index is 12.6. The Bertz CT molecular complexity index is 308. The largest absolute Gasteiger partial charge is 0.376 e. The highest BCUT2D eigenvalue weighted by atomic mass is 16.5. The van der Waals surface area contributed by atoms with Gasteiger partial charge < -0.3 is 9.64 Å². The summed E-state index contributed by atoms with van der Waals surface area (Å²) in [6.07, 6.45) is 3.08. The molecule has 0 bridgehead atoms. The second-order valence-electron chi connectivity index (χ2n) is 5.40. The maximum atomic E-state index is 12.6. The molecule has 0 aliphatic carbocycles. The van der Waals surface area contributed by atoms with E-state index in [2.05, 4.69) is 26.1 Å². The van der Waals surface area contributed by atoms with E-state index >= 15 is 0 Å². The summed E-state index contributed by atoms with van der Waals surface area (Å²) in [5.41, 5.74) is -0.386. The van der Waals surface area contributed by atoms with Gasteiger partial charge in [0, 0.05) is 6.61 Å². The molecule has 0 saturated carbocycles. The zero-order valence-electron chi connectivity index (χ0n) is 11.3. The summed E-state index contributed by atoms with van der Waals surface area (Å²) in [6, 6.07) is 0.244. The Morgan fingerprint density at radius 2 is 2.24 bits per heavy atom. The standard InChI is InChI=1S/C13H24N2O2/c1-5-11-14-13(4,6-2)12(16)15(11)10-7-8-17-9(10)3/h9-11,14H,5-8H2,1-4H3. The van der Waals surface area contributed by atoms with E-state index in [-0.39, 0.29) is 29.8 Å². The average molecular weight is 240 g/mol. The first-order valence-electron chi connectivity index (χ1n) is 6.75. The van der Waals surface area contributed by atoms with Crippen molar-refractivity contribution in [3.63, 3.8) is 0 Å². The zero-order valence-corrected chi connectivity index (χ0v) is 11.3. The number of carbonyl (C=O) groups excluding carboxylic acids is 1. The molecule has 4 heteroatoms. The number of nitrogens with zero attached hydrogens (tertiary/aromatic N) is 1. The molecule has 1 amide bonds. The van der Waals surface area contributed by atoms with Gasteiger partial charge in [-0.1, -0.05) is 13.8 Å². The molecule has 0 aromatic heterocycles. The molecule has 4 atom stereocenters. The number of carbonyl (C=O) groups is 1. The lowest BCUT2D eigenvalue weighted by atomic mass is 9.98. The normalized spacial score (nSPS) is 42.5. The first-order chi connectivity index (χ1) is 8.03. The van der Waals surface area contributed by atoms with E-state index in [1.807, 2.05) is 11.8 Å². The monoisotopic (exact) mass is 240 g/mol. The van der Waals surface area contributed by atoms with Gasteiger partial charge in [0.05, 0.1) is 23.9 Å². The van der Waals surface area contributed by atoms with E-state index in [1.54, 1.807) is 0 Å². The van der Waals surface area contributed by atoms with Crippen molar-refractivity contribution in [2.45, 2.75) is 70.8 Å². The molecule has 1 N–H and O–H groups in total. The van der Waals surface area contributed by atoms with Gasteiger partial charge in [0.15, 0.2) is 0 Å². The fourth-order valence-electron chi connectivity index (χ4n) is 2.94. The van der Waals surface area contributed by atoms with E-state index in [4.69, 9.17) is 4.74 Å². The summed E-state index contributed by atoms with van der Waals surface area (Å²) in [5.74, 6) is 0.245. The molecular weight excluding hydrogens is 216 g/mol. The van der Waals surface area contributed by atoms with Crippen LogP contribution in [-0.2, 0) is 9.53 Å². The molecule has 0 spiro atoms. The van der Waals surface area contributed by atoms with Gasteiger partial charge in [-0.25, -0.2) is 0 Å². The van der Waals surface area contributed by atoms with Gasteiger partial charge in [-0.2, -0.15) is 0 Å². The van der Waals surface area contributed by atoms with E-state index in [9.17, 15) is 4.79 Å². The van der Waals surface area contributed by atoms with Crippen LogP contribution in [-0.4, -0.2) is 41.3 Å². The van der Waals surface area contributed by atoms with E-state index in [1.165, 1.54) is 0 Å². The van der Waals surface area contributed by atoms with Crippen LogP contribution in [0.3, 0.4) is 0 Å². The third kappa shape index (κ3) is 1.97. The summed E-state index contributed by atoms with van der Waals surface area (Å²) in [5, 5.41) is 3.48. The third-order valence-electron chi connectivity index (χ3n) is 4.31. The van der Waals surface area contributed by atoms with E-state index < -0.39 is 0 Å². The SMILES string of the molecule is CCC1NC(C)(CC)C(=O)N1C1CCOC1C. The quantitative estimate of drug-likeness (QED) is 0.813. The highest BCUT2D eigenvalue weighted by Crippen LogP contribution is 2.31. The molecule has 2 rings (SSSR count). The van der Waals surface area contributed by atoms with Gasteiger partial charge >= 0.3 is 0 Å². The molecule has 17 heavy (non-hydrogen) atoms. The Labute approximate surface area is 104 Å². The fourth-order valence-corrected chi connectivity index (χ4v) is 2.94. The lowest BCUT2D eigenvalue weighted by Gasteiger charge is -2.31. The van der Waals surface area contributed by atoms with Gasteiger partial charge in [0.1, 0.15) is 0 Å². The van der Waals surface area contributed by atoms with Crippen LogP contribution >= 0.6 is 0 Å². The summed E-state index contributed by atoms with van der Waals surface area (Å²) < 4.78 is 5.60.